The van der Waals surface area contributed by atoms with Crippen LogP contribution in [0.2, 0.25) is 0 Å². The van der Waals surface area contributed by atoms with Crippen LogP contribution < -0.4 is 5.32 Å². The van der Waals surface area contributed by atoms with Crippen molar-refractivity contribution in [2.24, 2.45) is 0 Å². The highest BCUT2D eigenvalue weighted by Gasteiger charge is 2.06. The normalized spacial score (nSPS) is 12.7. The Kier molecular flexibility index (Phi) is 3.24. The molecule has 2 aromatic rings. The first-order valence-corrected chi connectivity index (χ1v) is 5.78. The SMILES string of the molecule is CNC(C)c1ccc(-n2nc(C)cc2C)nc1. The van der Waals surface area contributed by atoms with Crippen LogP contribution in [0.1, 0.15) is 29.9 Å². The van der Waals surface area contributed by atoms with E-state index < -0.39 is 0 Å². The number of rotatable bonds is 3. The molecule has 0 fully saturated rings. The Bertz CT molecular complexity index is 499. The molecule has 0 saturated carbocycles. The summed E-state index contributed by atoms with van der Waals surface area (Å²) in [6.07, 6.45) is 1.90. The highest BCUT2D eigenvalue weighted by molar-refractivity contribution is 5.28. The fourth-order valence-corrected chi connectivity index (χ4v) is 1.81. The Balaban J connectivity index is 2.32. The highest BCUT2D eigenvalue weighted by Crippen LogP contribution is 2.14. The maximum atomic E-state index is 4.45. The van der Waals surface area contributed by atoms with Gasteiger partial charge in [0.25, 0.3) is 0 Å². The number of hydrogen-bond donors (Lipinski definition) is 1. The van der Waals surface area contributed by atoms with Gasteiger partial charge in [-0.1, -0.05) is 6.07 Å². The van der Waals surface area contributed by atoms with E-state index in [2.05, 4.69) is 28.4 Å². The monoisotopic (exact) mass is 230 g/mol. The third kappa shape index (κ3) is 2.36. The molecular formula is C13H18N4. The van der Waals surface area contributed by atoms with Gasteiger partial charge in [-0.15, -0.1) is 0 Å². The largest absolute Gasteiger partial charge is 0.313 e. The van der Waals surface area contributed by atoms with E-state index in [0.717, 1.165) is 17.2 Å². The lowest BCUT2D eigenvalue weighted by Crippen LogP contribution is -2.13. The molecule has 0 aliphatic heterocycles. The van der Waals surface area contributed by atoms with Crippen LogP contribution in [-0.4, -0.2) is 21.8 Å². The quantitative estimate of drug-likeness (QED) is 0.878. The van der Waals surface area contributed by atoms with Crippen molar-refractivity contribution in [2.75, 3.05) is 7.05 Å². The average molecular weight is 230 g/mol. The Morgan fingerprint density at radius 1 is 1.29 bits per heavy atom. The molecule has 2 heterocycles. The molecular weight excluding hydrogens is 212 g/mol. The topological polar surface area (TPSA) is 42.7 Å². The lowest BCUT2D eigenvalue weighted by atomic mass is 10.1. The summed E-state index contributed by atoms with van der Waals surface area (Å²) in [4.78, 5) is 4.45. The molecule has 1 N–H and O–H groups in total. The predicted octanol–water partition coefficient (Wildman–Crippen LogP) is 2.16. The van der Waals surface area contributed by atoms with E-state index >= 15 is 0 Å². The molecule has 0 aliphatic carbocycles. The Hall–Kier alpha value is -1.68. The summed E-state index contributed by atoms with van der Waals surface area (Å²) in [6.45, 7) is 6.13. The van der Waals surface area contributed by atoms with Crippen molar-refractivity contribution in [3.05, 3.63) is 41.3 Å². The van der Waals surface area contributed by atoms with E-state index in [0.29, 0.717) is 6.04 Å². The van der Waals surface area contributed by atoms with E-state index in [1.807, 2.05) is 43.9 Å². The van der Waals surface area contributed by atoms with Crippen LogP contribution in [0.25, 0.3) is 5.82 Å². The van der Waals surface area contributed by atoms with Gasteiger partial charge in [0.05, 0.1) is 5.69 Å². The number of pyridine rings is 1. The van der Waals surface area contributed by atoms with Crippen LogP contribution in [0, 0.1) is 13.8 Å². The molecule has 17 heavy (non-hydrogen) atoms. The van der Waals surface area contributed by atoms with Gasteiger partial charge in [0.1, 0.15) is 0 Å². The van der Waals surface area contributed by atoms with E-state index in [1.54, 1.807) is 0 Å². The molecule has 4 heteroatoms. The van der Waals surface area contributed by atoms with E-state index in [9.17, 15) is 0 Å². The number of nitrogens with zero attached hydrogens (tertiary/aromatic N) is 3. The van der Waals surface area contributed by atoms with Gasteiger partial charge in [-0.2, -0.15) is 5.10 Å². The summed E-state index contributed by atoms with van der Waals surface area (Å²) in [5.74, 6) is 0.864. The number of aryl methyl sites for hydroxylation is 2. The van der Waals surface area contributed by atoms with Crippen molar-refractivity contribution in [2.45, 2.75) is 26.8 Å². The van der Waals surface area contributed by atoms with Gasteiger partial charge in [-0.05, 0) is 45.5 Å². The van der Waals surface area contributed by atoms with Gasteiger partial charge in [0.2, 0.25) is 0 Å². The molecule has 1 unspecified atom stereocenters. The van der Waals surface area contributed by atoms with Gasteiger partial charge in [-0.3, -0.25) is 0 Å². The van der Waals surface area contributed by atoms with E-state index in [4.69, 9.17) is 0 Å². The van der Waals surface area contributed by atoms with E-state index in [-0.39, 0.29) is 0 Å². The summed E-state index contributed by atoms with van der Waals surface area (Å²) in [5, 5.41) is 7.61. The first-order valence-electron chi connectivity index (χ1n) is 5.78. The molecule has 4 nitrogen and oxygen atoms in total. The summed E-state index contributed by atoms with van der Waals surface area (Å²) in [7, 11) is 1.94. The van der Waals surface area contributed by atoms with Gasteiger partial charge in [0.15, 0.2) is 5.82 Å². The molecule has 0 radical (unpaired) electrons. The van der Waals surface area contributed by atoms with Gasteiger partial charge < -0.3 is 5.32 Å². The molecule has 0 aromatic carbocycles. The molecule has 0 saturated heterocycles. The fourth-order valence-electron chi connectivity index (χ4n) is 1.81. The predicted molar refractivity (Wildman–Crippen MR) is 68.3 cm³/mol. The van der Waals surface area contributed by atoms with Gasteiger partial charge in [-0.25, -0.2) is 9.67 Å². The minimum Gasteiger partial charge on any atom is -0.313 e. The van der Waals surface area contributed by atoms with Crippen molar-refractivity contribution >= 4 is 0 Å². The van der Waals surface area contributed by atoms with Crippen molar-refractivity contribution in [1.29, 1.82) is 0 Å². The van der Waals surface area contributed by atoms with Crippen molar-refractivity contribution in [1.82, 2.24) is 20.1 Å². The first kappa shape index (κ1) is 11.8. The molecule has 2 rings (SSSR count). The molecule has 0 spiro atoms. The fraction of sp³-hybridized carbons (Fsp3) is 0.385. The standard InChI is InChI=1S/C13H18N4/c1-9-7-10(2)17(16-9)13-6-5-12(8-15-13)11(3)14-4/h5-8,11,14H,1-4H3. The van der Waals surface area contributed by atoms with Crippen molar-refractivity contribution in [3.8, 4) is 5.82 Å². The van der Waals surface area contributed by atoms with Crippen LogP contribution in [0.5, 0.6) is 0 Å². The van der Waals surface area contributed by atoms with Crippen LogP contribution in [-0.2, 0) is 0 Å². The Morgan fingerprint density at radius 2 is 2.06 bits per heavy atom. The van der Waals surface area contributed by atoms with Crippen molar-refractivity contribution in [3.63, 3.8) is 0 Å². The second-order valence-electron chi connectivity index (χ2n) is 4.30. The molecule has 0 bridgehead atoms. The summed E-state index contributed by atoms with van der Waals surface area (Å²) in [5.41, 5.74) is 3.29. The number of nitrogens with one attached hydrogen (secondary N) is 1. The number of hydrogen-bond acceptors (Lipinski definition) is 3. The summed E-state index contributed by atoms with van der Waals surface area (Å²) >= 11 is 0. The third-order valence-corrected chi connectivity index (χ3v) is 2.93. The minimum atomic E-state index is 0.317. The maximum absolute atomic E-state index is 4.45. The van der Waals surface area contributed by atoms with Crippen LogP contribution in [0.4, 0.5) is 0 Å². The molecule has 0 amide bonds. The average Bonchev–Trinajstić information content (AvgIpc) is 2.68. The van der Waals surface area contributed by atoms with Gasteiger partial charge >= 0.3 is 0 Å². The highest BCUT2D eigenvalue weighted by atomic mass is 15.3. The lowest BCUT2D eigenvalue weighted by Gasteiger charge is -2.10. The molecule has 0 aliphatic rings. The summed E-state index contributed by atoms with van der Waals surface area (Å²) in [6, 6.07) is 6.45. The zero-order chi connectivity index (χ0) is 12.4. The van der Waals surface area contributed by atoms with Crippen LogP contribution >= 0.6 is 0 Å². The van der Waals surface area contributed by atoms with Gasteiger partial charge in [0, 0.05) is 17.9 Å². The molecule has 2 aromatic heterocycles. The zero-order valence-electron chi connectivity index (χ0n) is 10.7. The number of aromatic nitrogens is 3. The second-order valence-corrected chi connectivity index (χ2v) is 4.30. The second kappa shape index (κ2) is 4.67. The van der Waals surface area contributed by atoms with Crippen molar-refractivity contribution < 1.29 is 0 Å². The van der Waals surface area contributed by atoms with E-state index in [1.165, 1.54) is 5.56 Å². The zero-order valence-corrected chi connectivity index (χ0v) is 10.7. The molecule has 90 valence electrons. The Morgan fingerprint density at radius 3 is 2.53 bits per heavy atom. The minimum absolute atomic E-state index is 0.317. The maximum Gasteiger partial charge on any atom is 0.153 e. The first-order chi connectivity index (χ1) is 8.11. The van der Waals surface area contributed by atoms with Crippen LogP contribution in [0.15, 0.2) is 24.4 Å². The molecule has 1 atom stereocenters. The smallest absolute Gasteiger partial charge is 0.153 e. The third-order valence-electron chi connectivity index (χ3n) is 2.93. The summed E-state index contributed by atoms with van der Waals surface area (Å²) < 4.78 is 1.86. The van der Waals surface area contributed by atoms with Crippen LogP contribution in [0.3, 0.4) is 0 Å². The lowest BCUT2D eigenvalue weighted by molar-refractivity contribution is 0.648. The Labute approximate surface area is 102 Å².